The van der Waals surface area contributed by atoms with Crippen LogP contribution in [0.4, 0.5) is 0 Å². The van der Waals surface area contributed by atoms with E-state index in [0.29, 0.717) is 5.69 Å². The highest BCUT2D eigenvalue weighted by atomic mass is 35.5. The molecule has 1 unspecified atom stereocenters. The van der Waals surface area contributed by atoms with Gasteiger partial charge in [0.1, 0.15) is 16.9 Å². The number of rotatable bonds is 5. The van der Waals surface area contributed by atoms with Crippen molar-refractivity contribution in [3.8, 4) is 0 Å². The van der Waals surface area contributed by atoms with E-state index in [2.05, 4.69) is 20.3 Å². The number of hydrogen-bond acceptors (Lipinski definition) is 4. The number of aliphatic carboxylic acids is 1. The highest BCUT2D eigenvalue weighted by molar-refractivity contribution is 6.34. The highest BCUT2D eigenvalue weighted by Crippen LogP contribution is 2.17. The van der Waals surface area contributed by atoms with Crippen LogP contribution >= 0.6 is 23.2 Å². The van der Waals surface area contributed by atoms with Gasteiger partial charge < -0.3 is 15.4 Å². The van der Waals surface area contributed by atoms with Gasteiger partial charge in [-0.1, -0.05) is 23.2 Å². The Hall–Kier alpha value is -2.12. The third-order valence-electron chi connectivity index (χ3n) is 2.61. The maximum Gasteiger partial charge on any atom is 0.326 e. The Bertz CT molecular complexity index is 661. The van der Waals surface area contributed by atoms with Gasteiger partial charge in [-0.15, -0.1) is 0 Å². The number of hydrogen-bond donors (Lipinski definition) is 3. The van der Waals surface area contributed by atoms with E-state index in [0.717, 1.165) is 0 Å². The summed E-state index contributed by atoms with van der Waals surface area (Å²) >= 11 is 11.5. The number of aromatic nitrogens is 3. The normalized spacial score (nSPS) is 11.9. The molecule has 0 aliphatic rings. The number of nitrogens with zero attached hydrogens (tertiary/aromatic N) is 2. The lowest BCUT2D eigenvalue weighted by Crippen LogP contribution is -2.42. The molecule has 110 valence electrons. The fourth-order valence-corrected chi connectivity index (χ4v) is 1.96. The molecular weight excluding hydrogens is 319 g/mol. The number of pyridine rings is 1. The van der Waals surface area contributed by atoms with E-state index >= 15 is 0 Å². The number of H-pyrrole nitrogens is 1. The second kappa shape index (κ2) is 6.55. The van der Waals surface area contributed by atoms with Crippen molar-refractivity contribution in [1.29, 1.82) is 0 Å². The van der Waals surface area contributed by atoms with Crippen LogP contribution in [-0.2, 0) is 11.2 Å². The minimum Gasteiger partial charge on any atom is -0.480 e. The quantitative estimate of drug-likeness (QED) is 0.721. The monoisotopic (exact) mass is 328 g/mol. The molecule has 21 heavy (non-hydrogen) atoms. The van der Waals surface area contributed by atoms with Crippen LogP contribution in [0.5, 0.6) is 0 Å². The molecule has 1 amide bonds. The number of carbonyl (C=O) groups is 2. The van der Waals surface area contributed by atoms with E-state index in [9.17, 15) is 9.59 Å². The van der Waals surface area contributed by atoms with Crippen molar-refractivity contribution < 1.29 is 14.7 Å². The van der Waals surface area contributed by atoms with Crippen LogP contribution in [0.1, 0.15) is 16.2 Å². The van der Waals surface area contributed by atoms with E-state index in [1.165, 1.54) is 24.7 Å². The van der Waals surface area contributed by atoms with Gasteiger partial charge in [-0.05, 0) is 12.1 Å². The zero-order chi connectivity index (χ0) is 15.4. The summed E-state index contributed by atoms with van der Waals surface area (Å²) in [4.78, 5) is 33.6. The van der Waals surface area contributed by atoms with Crippen molar-refractivity contribution in [1.82, 2.24) is 20.3 Å². The Kier molecular flexibility index (Phi) is 4.77. The van der Waals surface area contributed by atoms with Crippen molar-refractivity contribution in [2.24, 2.45) is 0 Å². The number of imidazole rings is 1. The fraction of sp³-hybridized carbons (Fsp3) is 0.167. The first-order valence-electron chi connectivity index (χ1n) is 5.80. The molecule has 0 saturated carbocycles. The Morgan fingerprint density at radius 3 is 2.76 bits per heavy atom. The zero-order valence-electron chi connectivity index (χ0n) is 10.5. The van der Waals surface area contributed by atoms with Gasteiger partial charge in [-0.25, -0.2) is 14.8 Å². The molecule has 7 nitrogen and oxygen atoms in total. The first-order chi connectivity index (χ1) is 9.97. The molecule has 0 fully saturated rings. The second-order valence-electron chi connectivity index (χ2n) is 4.11. The van der Waals surface area contributed by atoms with Crippen LogP contribution in [-0.4, -0.2) is 38.0 Å². The molecule has 2 aromatic heterocycles. The third kappa shape index (κ3) is 3.93. The van der Waals surface area contributed by atoms with Crippen LogP contribution < -0.4 is 5.32 Å². The number of aromatic amines is 1. The molecule has 9 heteroatoms. The van der Waals surface area contributed by atoms with Crippen molar-refractivity contribution in [3.63, 3.8) is 0 Å². The van der Waals surface area contributed by atoms with Gasteiger partial charge in [0, 0.05) is 18.3 Å². The predicted octanol–water partition coefficient (Wildman–Crippen LogP) is 1.54. The van der Waals surface area contributed by atoms with Gasteiger partial charge in [-0.3, -0.25) is 4.79 Å². The summed E-state index contributed by atoms with van der Waals surface area (Å²) in [6.45, 7) is 0. The summed E-state index contributed by atoms with van der Waals surface area (Å²) in [6.07, 6.45) is 2.96. The number of amides is 1. The van der Waals surface area contributed by atoms with Crippen LogP contribution in [0.15, 0.2) is 24.7 Å². The first kappa shape index (κ1) is 15.3. The topological polar surface area (TPSA) is 108 Å². The van der Waals surface area contributed by atoms with Gasteiger partial charge in [0.05, 0.1) is 11.3 Å². The molecule has 1 atom stereocenters. The molecule has 2 heterocycles. The van der Waals surface area contributed by atoms with Crippen LogP contribution in [0.3, 0.4) is 0 Å². The molecule has 0 bridgehead atoms. The van der Waals surface area contributed by atoms with Crippen LogP contribution in [0, 0.1) is 0 Å². The summed E-state index contributed by atoms with van der Waals surface area (Å²) in [7, 11) is 0. The molecule has 2 aromatic rings. The minimum atomic E-state index is -1.18. The summed E-state index contributed by atoms with van der Waals surface area (Å²) < 4.78 is 0. The van der Waals surface area contributed by atoms with E-state index in [1.54, 1.807) is 0 Å². The number of carboxylic acids is 1. The number of halogens is 2. The lowest BCUT2D eigenvalue weighted by atomic mass is 10.1. The Morgan fingerprint density at radius 2 is 2.14 bits per heavy atom. The van der Waals surface area contributed by atoms with Crippen molar-refractivity contribution in [2.75, 3.05) is 0 Å². The van der Waals surface area contributed by atoms with Gasteiger partial charge in [0.15, 0.2) is 0 Å². The average Bonchev–Trinajstić information content (AvgIpc) is 2.93. The maximum atomic E-state index is 12.1. The fourth-order valence-electron chi connectivity index (χ4n) is 1.62. The summed E-state index contributed by atoms with van der Waals surface area (Å²) in [5.74, 6) is -1.90. The lowest BCUT2D eigenvalue weighted by molar-refractivity contribution is -0.139. The average molecular weight is 329 g/mol. The standard InChI is InChI=1S/C12H10Cl2N4O3/c13-7-1-2-9(14)18-10(7)11(19)17-8(12(20)21)3-6-4-15-5-16-6/h1-2,4-5,8H,3H2,(H,15,16)(H,17,19)(H,20,21). The number of carbonyl (C=O) groups excluding carboxylic acids is 1. The van der Waals surface area contributed by atoms with Gasteiger partial charge >= 0.3 is 5.97 Å². The molecule has 3 N–H and O–H groups in total. The van der Waals surface area contributed by atoms with Gasteiger partial charge in [0.25, 0.3) is 5.91 Å². The SMILES string of the molecule is O=C(NC(Cc1cnc[nH]1)C(=O)O)c1nc(Cl)ccc1Cl. The summed E-state index contributed by atoms with van der Waals surface area (Å²) in [5.41, 5.74) is 0.452. The first-order valence-corrected chi connectivity index (χ1v) is 6.56. The maximum absolute atomic E-state index is 12.1. The third-order valence-corrected chi connectivity index (χ3v) is 3.12. The van der Waals surface area contributed by atoms with E-state index < -0.39 is 17.9 Å². The number of carboxylic acid groups (broad SMARTS) is 1. The molecule has 0 spiro atoms. The Balaban J connectivity index is 2.14. The molecule has 0 aliphatic heterocycles. The summed E-state index contributed by atoms with van der Waals surface area (Å²) in [5, 5.41) is 11.7. The van der Waals surface area contributed by atoms with Crippen molar-refractivity contribution in [3.05, 3.63) is 46.2 Å². The van der Waals surface area contributed by atoms with E-state index in [4.69, 9.17) is 28.3 Å². The van der Waals surface area contributed by atoms with Gasteiger partial charge in [-0.2, -0.15) is 0 Å². The molecule has 2 rings (SSSR count). The molecule has 0 aliphatic carbocycles. The molecule has 0 aromatic carbocycles. The smallest absolute Gasteiger partial charge is 0.326 e. The number of nitrogens with one attached hydrogen (secondary N) is 2. The summed E-state index contributed by atoms with van der Waals surface area (Å²) in [6, 6.07) is 1.70. The molecule has 0 radical (unpaired) electrons. The zero-order valence-corrected chi connectivity index (χ0v) is 12.0. The van der Waals surface area contributed by atoms with Gasteiger partial charge in [0.2, 0.25) is 0 Å². The van der Waals surface area contributed by atoms with E-state index in [1.807, 2.05) is 0 Å². The van der Waals surface area contributed by atoms with E-state index in [-0.39, 0.29) is 22.3 Å². The second-order valence-corrected chi connectivity index (χ2v) is 4.90. The van der Waals surface area contributed by atoms with Crippen LogP contribution in [0.2, 0.25) is 10.2 Å². The largest absolute Gasteiger partial charge is 0.480 e. The molecule has 0 saturated heterocycles. The van der Waals surface area contributed by atoms with Crippen LogP contribution in [0.25, 0.3) is 0 Å². The predicted molar refractivity (Wildman–Crippen MR) is 75.4 cm³/mol. The Labute approximate surface area is 129 Å². The lowest BCUT2D eigenvalue weighted by Gasteiger charge is -2.13. The Morgan fingerprint density at radius 1 is 1.38 bits per heavy atom. The molecular formula is C12H10Cl2N4O3. The van der Waals surface area contributed by atoms with Crippen molar-refractivity contribution in [2.45, 2.75) is 12.5 Å². The highest BCUT2D eigenvalue weighted by Gasteiger charge is 2.23. The van der Waals surface area contributed by atoms with Crippen molar-refractivity contribution >= 4 is 35.1 Å². The minimum absolute atomic E-state index is 0.0548.